The molecule has 0 fully saturated rings. The summed E-state index contributed by atoms with van der Waals surface area (Å²) in [5.41, 5.74) is 10.5. The maximum absolute atomic E-state index is 6.36. The zero-order valence-corrected chi connectivity index (χ0v) is 12.0. The minimum absolute atomic E-state index is 0.0804. The monoisotopic (exact) mass is 258 g/mol. The van der Waals surface area contributed by atoms with E-state index in [-0.39, 0.29) is 5.54 Å². The molecule has 1 unspecified atom stereocenters. The molecule has 1 aliphatic rings. The minimum atomic E-state index is -0.0804. The highest BCUT2D eigenvalue weighted by Crippen LogP contribution is 2.36. The third-order valence-corrected chi connectivity index (χ3v) is 4.32. The highest BCUT2D eigenvalue weighted by Gasteiger charge is 2.30. The second-order valence-electron chi connectivity index (χ2n) is 5.88. The summed E-state index contributed by atoms with van der Waals surface area (Å²) < 4.78 is 7.80. The number of aromatic nitrogens is 1. The fourth-order valence-electron chi connectivity index (χ4n) is 3.32. The Morgan fingerprint density at radius 2 is 2.21 bits per heavy atom. The van der Waals surface area contributed by atoms with Crippen LogP contribution in [-0.4, -0.2) is 17.2 Å². The van der Waals surface area contributed by atoms with Crippen molar-refractivity contribution in [3.63, 3.8) is 0 Å². The van der Waals surface area contributed by atoms with Crippen molar-refractivity contribution < 1.29 is 4.74 Å². The average Bonchev–Trinajstić information content (AvgIpc) is 2.69. The van der Waals surface area contributed by atoms with Crippen molar-refractivity contribution in [1.82, 2.24) is 4.57 Å². The van der Waals surface area contributed by atoms with Gasteiger partial charge in [0, 0.05) is 28.7 Å². The van der Waals surface area contributed by atoms with Crippen LogP contribution < -0.4 is 10.5 Å². The lowest BCUT2D eigenvalue weighted by Gasteiger charge is -2.30. The molecule has 0 spiro atoms. The summed E-state index contributed by atoms with van der Waals surface area (Å²) in [4.78, 5) is 0. The maximum Gasteiger partial charge on any atom is 0.119 e. The molecule has 1 aromatic carbocycles. The fraction of sp³-hybridized carbons (Fsp3) is 0.500. The van der Waals surface area contributed by atoms with Crippen LogP contribution in [-0.2, 0) is 19.4 Å². The molecule has 0 bridgehead atoms. The van der Waals surface area contributed by atoms with Gasteiger partial charge in [-0.25, -0.2) is 0 Å². The van der Waals surface area contributed by atoms with Crippen LogP contribution in [0.2, 0.25) is 0 Å². The SMILES string of the molecule is CCn1c2c(c3cc(OC)ccc31)CC(C)(N)CC2. The highest BCUT2D eigenvalue weighted by molar-refractivity contribution is 5.87. The molecule has 1 heterocycles. The molecular formula is C16H22N2O. The van der Waals surface area contributed by atoms with Crippen LogP contribution >= 0.6 is 0 Å². The van der Waals surface area contributed by atoms with Crippen LogP contribution in [0.5, 0.6) is 5.75 Å². The van der Waals surface area contributed by atoms with E-state index in [0.717, 1.165) is 31.6 Å². The van der Waals surface area contributed by atoms with E-state index in [0.29, 0.717) is 0 Å². The molecule has 2 aromatic rings. The van der Waals surface area contributed by atoms with E-state index >= 15 is 0 Å². The van der Waals surface area contributed by atoms with Gasteiger partial charge in [-0.15, -0.1) is 0 Å². The number of methoxy groups -OCH3 is 1. The molecule has 0 saturated carbocycles. The van der Waals surface area contributed by atoms with Crippen LogP contribution in [0.25, 0.3) is 10.9 Å². The number of benzene rings is 1. The predicted octanol–water partition coefficient (Wildman–Crippen LogP) is 2.88. The Morgan fingerprint density at radius 3 is 2.89 bits per heavy atom. The number of nitrogens with zero attached hydrogens (tertiary/aromatic N) is 1. The van der Waals surface area contributed by atoms with Gasteiger partial charge in [-0.1, -0.05) is 0 Å². The third kappa shape index (κ3) is 1.93. The van der Waals surface area contributed by atoms with Gasteiger partial charge in [0.25, 0.3) is 0 Å². The van der Waals surface area contributed by atoms with E-state index < -0.39 is 0 Å². The molecule has 1 aromatic heterocycles. The number of ether oxygens (including phenoxy) is 1. The smallest absolute Gasteiger partial charge is 0.119 e. The average molecular weight is 258 g/mol. The number of hydrogen-bond acceptors (Lipinski definition) is 2. The van der Waals surface area contributed by atoms with Gasteiger partial charge in [-0.2, -0.15) is 0 Å². The van der Waals surface area contributed by atoms with Gasteiger partial charge in [0.2, 0.25) is 0 Å². The summed E-state index contributed by atoms with van der Waals surface area (Å²) in [5.74, 6) is 0.924. The second-order valence-corrected chi connectivity index (χ2v) is 5.88. The van der Waals surface area contributed by atoms with Crippen molar-refractivity contribution in [3.05, 3.63) is 29.5 Å². The van der Waals surface area contributed by atoms with E-state index in [1.54, 1.807) is 7.11 Å². The number of nitrogens with two attached hydrogens (primary N) is 1. The van der Waals surface area contributed by atoms with Crippen LogP contribution in [0.15, 0.2) is 18.2 Å². The van der Waals surface area contributed by atoms with Gasteiger partial charge < -0.3 is 15.0 Å². The molecule has 3 rings (SSSR count). The van der Waals surface area contributed by atoms with Gasteiger partial charge in [0.05, 0.1) is 7.11 Å². The molecule has 2 N–H and O–H groups in total. The van der Waals surface area contributed by atoms with E-state index in [2.05, 4.69) is 30.5 Å². The van der Waals surface area contributed by atoms with Crippen molar-refractivity contribution >= 4 is 10.9 Å². The Hall–Kier alpha value is -1.48. The van der Waals surface area contributed by atoms with Crippen molar-refractivity contribution in [2.24, 2.45) is 5.73 Å². The molecule has 1 atom stereocenters. The van der Waals surface area contributed by atoms with E-state index in [1.807, 2.05) is 6.07 Å². The lowest BCUT2D eigenvalue weighted by atomic mass is 9.82. The van der Waals surface area contributed by atoms with Crippen molar-refractivity contribution in [2.45, 2.75) is 45.2 Å². The van der Waals surface area contributed by atoms with Crippen LogP contribution in [0, 0.1) is 0 Å². The summed E-state index contributed by atoms with van der Waals surface area (Å²) in [6, 6.07) is 6.37. The lowest BCUT2D eigenvalue weighted by molar-refractivity contribution is 0.402. The number of aryl methyl sites for hydroxylation is 1. The Balaban J connectivity index is 2.27. The first-order valence-electron chi connectivity index (χ1n) is 7.02. The van der Waals surface area contributed by atoms with Crippen LogP contribution in [0.1, 0.15) is 31.5 Å². The molecular weight excluding hydrogens is 236 g/mol. The molecule has 19 heavy (non-hydrogen) atoms. The predicted molar refractivity (Wildman–Crippen MR) is 78.8 cm³/mol. The zero-order valence-electron chi connectivity index (χ0n) is 12.0. The molecule has 0 aliphatic heterocycles. The van der Waals surface area contributed by atoms with Gasteiger partial charge in [-0.05, 0) is 56.9 Å². The fourth-order valence-corrected chi connectivity index (χ4v) is 3.32. The molecule has 1 aliphatic carbocycles. The van der Waals surface area contributed by atoms with Gasteiger partial charge in [-0.3, -0.25) is 0 Å². The first-order valence-corrected chi connectivity index (χ1v) is 7.02. The topological polar surface area (TPSA) is 40.2 Å². The van der Waals surface area contributed by atoms with Gasteiger partial charge >= 0.3 is 0 Å². The highest BCUT2D eigenvalue weighted by atomic mass is 16.5. The van der Waals surface area contributed by atoms with Crippen molar-refractivity contribution in [1.29, 1.82) is 0 Å². The largest absolute Gasteiger partial charge is 0.497 e. The van der Waals surface area contributed by atoms with Gasteiger partial charge in [0.15, 0.2) is 0 Å². The first kappa shape index (κ1) is 12.5. The maximum atomic E-state index is 6.36. The summed E-state index contributed by atoms with van der Waals surface area (Å²) in [6.45, 7) is 5.38. The molecule has 3 heteroatoms. The van der Waals surface area contributed by atoms with Gasteiger partial charge in [0.1, 0.15) is 5.75 Å². The Bertz CT molecular complexity index is 625. The van der Waals surface area contributed by atoms with Crippen LogP contribution in [0.4, 0.5) is 0 Å². The first-order chi connectivity index (χ1) is 9.05. The van der Waals surface area contributed by atoms with E-state index in [4.69, 9.17) is 10.5 Å². The number of rotatable bonds is 2. The van der Waals surface area contributed by atoms with E-state index in [9.17, 15) is 0 Å². The van der Waals surface area contributed by atoms with Crippen LogP contribution in [0.3, 0.4) is 0 Å². The lowest BCUT2D eigenvalue weighted by Crippen LogP contribution is -2.41. The zero-order chi connectivity index (χ0) is 13.6. The summed E-state index contributed by atoms with van der Waals surface area (Å²) >= 11 is 0. The minimum Gasteiger partial charge on any atom is -0.497 e. The third-order valence-electron chi connectivity index (χ3n) is 4.32. The molecule has 3 nitrogen and oxygen atoms in total. The van der Waals surface area contributed by atoms with E-state index in [1.165, 1.54) is 22.2 Å². The Morgan fingerprint density at radius 1 is 1.42 bits per heavy atom. The molecule has 0 amide bonds. The summed E-state index contributed by atoms with van der Waals surface area (Å²) in [6.07, 6.45) is 3.10. The summed E-state index contributed by atoms with van der Waals surface area (Å²) in [5, 5.41) is 1.31. The molecule has 0 radical (unpaired) electrons. The normalized spacial score (nSPS) is 22.5. The number of fused-ring (bicyclic) bond motifs is 3. The second kappa shape index (κ2) is 4.27. The van der Waals surface area contributed by atoms with Crippen molar-refractivity contribution in [2.75, 3.05) is 7.11 Å². The molecule has 0 saturated heterocycles. The van der Waals surface area contributed by atoms with Crippen molar-refractivity contribution in [3.8, 4) is 5.75 Å². The standard InChI is InChI=1S/C16H22N2O/c1-4-18-14-6-5-11(19-3)9-12(14)13-10-16(2,17)8-7-15(13)18/h5-6,9H,4,7-8,10,17H2,1-3H3. The summed E-state index contributed by atoms with van der Waals surface area (Å²) in [7, 11) is 1.72. The Kier molecular flexibility index (Phi) is 2.82. The molecule has 102 valence electrons. The quantitative estimate of drug-likeness (QED) is 0.899. The Labute approximate surface area is 114 Å². The number of hydrogen-bond donors (Lipinski definition) is 1.